The summed E-state index contributed by atoms with van der Waals surface area (Å²) in [5.41, 5.74) is 3.16. The predicted molar refractivity (Wildman–Crippen MR) is 107 cm³/mol. The Morgan fingerprint density at radius 3 is 2.29 bits per heavy atom. The number of piperidine rings is 1. The molecule has 0 saturated carbocycles. The van der Waals surface area contributed by atoms with Gasteiger partial charge in [-0.05, 0) is 74.2 Å². The van der Waals surface area contributed by atoms with E-state index >= 15 is 0 Å². The van der Waals surface area contributed by atoms with Gasteiger partial charge in [-0.2, -0.15) is 9.57 Å². The van der Waals surface area contributed by atoms with Crippen LogP contribution in [-0.4, -0.2) is 31.7 Å². The van der Waals surface area contributed by atoms with Crippen LogP contribution in [0.15, 0.2) is 47.4 Å². The number of amides is 1. The number of carbonyl (C=O) groups is 1. The van der Waals surface area contributed by atoms with Crippen LogP contribution in [0.2, 0.25) is 0 Å². The van der Waals surface area contributed by atoms with Crippen LogP contribution >= 0.6 is 0 Å². The SMILES string of the molecule is Cc1ccc(S(=O)(=O)N2CCC(C(=O)Nc3ccc(C#N)cc3)CC2)cc1C. The zero-order valence-corrected chi connectivity index (χ0v) is 16.8. The van der Waals surface area contributed by atoms with E-state index in [9.17, 15) is 13.2 Å². The van der Waals surface area contributed by atoms with Crippen molar-refractivity contribution in [2.24, 2.45) is 5.92 Å². The third kappa shape index (κ3) is 4.24. The molecule has 1 aliphatic rings. The minimum absolute atomic E-state index is 0.118. The van der Waals surface area contributed by atoms with Gasteiger partial charge in [-0.15, -0.1) is 0 Å². The Bertz CT molecular complexity index is 1020. The van der Waals surface area contributed by atoms with Crippen LogP contribution in [0, 0.1) is 31.1 Å². The highest BCUT2D eigenvalue weighted by atomic mass is 32.2. The number of nitriles is 1. The molecule has 146 valence electrons. The molecule has 0 unspecified atom stereocenters. The normalized spacial score (nSPS) is 15.8. The lowest BCUT2D eigenvalue weighted by atomic mass is 9.97. The zero-order valence-electron chi connectivity index (χ0n) is 16.0. The molecule has 28 heavy (non-hydrogen) atoms. The molecular weight excluding hydrogens is 374 g/mol. The second kappa shape index (κ2) is 8.13. The fraction of sp³-hybridized carbons (Fsp3) is 0.333. The van der Waals surface area contributed by atoms with Crippen molar-refractivity contribution in [2.45, 2.75) is 31.6 Å². The van der Waals surface area contributed by atoms with Crippen molar-refractivity contribution in [3.05, 3.63) is 59.2 Å². The number of rotatable bonds is 4. The van der Waals surface area contributed by atoms with E-state index in [0.29, 0.717) is 42.1 Å². The van der Waals surface area contributed by atoms with Crippen molar-refractivity contribution >= 4 is 21.6 Å². The quantitative estimate of drug-likeness (QED) is 0.858. The molecule has 0 bridgehead atoms. The molecule has 0 aromatic heterocycles. The van der Waals surface area contributed by atoms with Crippen molar-refractivity contribution in [1.29, 1.82) is 5.26 Å². The maximum atomic E-state index is 12.9. The summed E-state index contributed by atoms with van der Waals surface area (Å²) in [5, 5.41) is 11.7. The summed E-state index contributed by atoms with van der Waals surface area (Å²) in [4.78, 5) is 12.8. The standard InChI is InChI=1S/C21H23N3O3S/c1-15-3-8-20(13-16(15)2)28(26,27)24-11-9-18(10-12-24)21(25)23-19-6-4-17(14-22)5-7-19/h3-8,13,18H,9-12H2,1-2H3,(H,23,25). The lowest BCUT2D eigenvalue weighted by Gasteiger charge is -2.30. The highest BCUT2D eigenvalue weighted by Gasteiger charge is 2.32. The molecule has 1 heterocycles. The van der Waals surface area contributed by atoms with Crippen molar-refractivity contribution < 1.29 is 13.2 Å². The van der Waals surface area contributed by atoms with E-state index in [0.717, 1.165) is 11.1 Å². The van der Waals surface area contributed by atoms with Gasteiger partial charge in [-0.1, -0.05) is 6.07 Å². The third-order valence-corrected chi connectivity index (χ3v) is 7.12. The number of nitrogens with one attached hydrogen (secondary N) is 1. The molecule has 7 heteroatoms. The molecular formula is C21H23N3O3S. The van der Waals surface area contributed by atoms with E-state index in [1.165, 1.54) is 4.31 Å². The van der Waals surface area contributed by atoms with Crippen LogP contribution in [0.25, 0.3) is 0 Å². The lowest BCUT2D eigenvalue weighted by molar-refractivity contribution is -0.120. The number of benzene rings is 2. The van der Waals surface area contributed by atoms with Gasteiger partial charge in [0.05, 0.1) is 16.5 Å². The molecule has 2 aromatic carbocycles. The molecule has 0 spiro atoms. The van der Waals surface area contributed by atoms with E-state index in [1.54, 1.807) is 36.4 Å². The van der Waals surface area contributed by atoms with E-state index in [1.807, 2.05) is 26.0 Å². The lowest BCUT2D eigenvalue weighted by Crippen LogP contribution is -2.41. The Labute approximate surface area is 165 Å². The molecule has 1 amide bonds. The molecule has 0 radical (unpaired) electrons. The van der Waals surface area contributed by atoms with Crippen LogP contribution in [0.3, 0.4) is 0 Å². The maximum Gasteiger partial charge on any atom is 0.243 e. The molecule has 1 N–H and O–H groups in total. The minimum Gasteiger partial charge on any atom is -0.326 e. The van der Waals surface area contributed by atoms with Crippen LogP contribution in [0.4, 0.5) is 5.69 Å². The molecule has 0 aliphatic carbocycles. The molecule has 1 aliphatic heterocycles. The van der Waals surface area contributed by atoms with Gasteiger partial charge >= 0.3 is 0 Å². The topological polar surface area (TPSA) is 90.3 Å². The van der Waals surface area contributed by atoms with Crippen molar-refractivity contribution in [3.8, 4) is 6.07 Å². The van der Waals surface area contributed by atoms with Gasteiger partial charge < -0.3 is 5.32 Å². The fourth-order valence-electron chi connectivity index (χ4n) is 3.25. The first-order chi connectivity index (χ1) is 13.3. The van der Waals surface area contributed by atoms with Crippen LogP contribution in [-0.2, 0) is 14.8 Å². The van der Waals surface area contributed by atoms with Gasteiger partial charge in [0, 0.05) is 24.7 Å². The van der Waals surface area contributed by atoms with Gasteiger partial charge in [0.25, 0.3) is 0 Å². The summed E-state index contributed by atoms with van der Waals surface area (Å²) in [6.07, 6.45) is 0.957. The number of hydrogen-bond donors (Lipinski definition) is 1. The number of aryl methyl sites for hydroxylation is 2. The minimum atomic E-state index is -3.55. The Balaban J connectivity index is 1.62. The van der Waals surface area contributed by atoms with Crippen molar-refractivity contribution in [3.63, 3.8) is 0 Å². The number of anilines is 1. The molecule has 3 rings (SSSR count). The predicted octanol–water partition coefficient (Wildman–Crippen LogP) is 3.21. The van der Waals surface area contributed by atoms with E-state index < -0.39 is 10.0 Å². The summed E-state index contributed by atoms with van der Waals surface area (Å²) in [5.74, 6) is -0.352. The third-order valence-electron chi connectivity index (χ3n) is 5.22. The van der Waals surface area contributed by atoms with Gasteiger partial charge in [-0.25, -0.2) is 8.42 Å². The Hall–Kier alpha value is -2.69. The summed E-state index contributed by atoms with van der Waals surface area (Å²) in [6.45, 7) is 4.49. The van der Waals surface area contributed by atoms with Crippen molar-refractivity contribution in [1.82, 2.24) is 4.31 Å². The Kier molecular flexibility index (Phi) is 5.82. The average Bonchev–Trinajstić information content (AvgIpc) is 2.70. The fourth-order valence-corrected chi connectivity index (χ4v) is 4.81. The van der Waals surface area contributed by atoms with E-state index in [-0.39, 0.29) is 11.8 Å². The maximum absolute atomic E-state index is 12.9. The number of hydrogen-bond acceptors (Lipinski definition) is 4. The van der Waals surface area contributed by atoms with E-state index in [4.69, 9.17) is 5.26 Å². The summed E-state index contributed by atoms with van der Waals surface area (Å²) < 4.78 is 27.2. The second-order valence-corrected chi connectivity index (χ2v) is 9.04. The molecule has 2 aromatic rings. The van der Waals surface area contributed by atoms with Gasteiger partial charge in [0.2, 0.25) is 15.9 Å². The Morgan fingerprint density at radius 1 is 1.07 bits per heavy atom. The number of carbonyl (C=O) groups excluding carboxylic acids is 1. The second-order valence-electron chi connectivity index (χ2n) is 7.10. The monoisotopic (exact) mass is 397 g/mol. The first-order valence-corrected chi connectivity index (χ1v) is 10.6. The zero-order chi connectivity index (χ0) is 20.3. The first kappa shape index (κ1) is 20.1. The van der Waals surface area contributed by atoms with Crippen molar-refractivity contribution in [2.75, 3.05) is 18.4 Å². The van der Waals surface area contributed by atoms with E-state index in [2.05, 4.69) is 5.32 Å². The Morgan fingerprint density at radius 2 is 1.71 bits per heavy atom. The smallest absolute Gasteiger partial charge is 0.243 e. The van der Waals surface area contributed by atoms with Crippen LogP contribution in [0.1, 0.15) is 29.5 Å². The molecule has 6 nitrogen and oxygen atoms in total. The van der Waals surface area contributed by atoms with Gasteiger partial charge in [-0.3, -0.25) is 4.79 Å². The first-order valence-electron chi connectivity index (χ1n) is 9.19. The number of nitrogens with zero attached hydrogens (tertiary/aromatic N) is 2. The highest BCUT2D eigenvalue weighted by Crippen LogP contribution is 2.26. The largest absolute Gasteiger partial charge is 0.326 e. The molecule has 0 atom stereocenters. The van der Waals surface area contributed by atoms with Gasteiger partial charge in [0.15, 0.2) is 0 Å². The van der Waals surface area contributed by atoms with Gasteiger partial charge in [0.1, 0.15) is 0 Å². The molecule has 1 fully saturated rings. The highest BCUT2D eigenvalue weighted by molar-refractivity contribution is 7.89. The summed E-state index contributed by atoms with van der Waals surface area (Å²) in [7, 11) is -3.55. The van der Waals surface area contributed by atoms with Crippen LogP contribution in [0.5, 0.6) is 0 Å². The molecule has 1 saturated heterocycles. The summed E-state index contributed by atoms with van der Waals surface area (Å²) >= 11 is 0. The average molecular weight is 398 g/mol. The van der Waals surface area contributed by atoms with Crippen LogP contribution < -0.4 is 5.32 Å². The number of sulfonamides is 1. The summed E-state index contributed by atoms with van der Waals surface area (Å²) in [6, 6.07) is 13.9.